The van der Waals surface area contributed by atoms with Gasteiger partial charge in [-0.2, -0.15) is 9.64 Å². The van der Waals surface area contributed by atoms with E-state index in [1.807, 2.05) is 18.2 Å². The molecule has 6 nitrogen and oxygen atoms in total. The lowest BCUT2D eigenvalue weighted by Crippen LogP contribution is -2.17. The molecule has 26 heavy (non-hydrogen) atoms. The zero-order valence-electron chi connectivity index (χ0n) is 13.0. The number of anilines is 1. The molecule has 1 amide bonds. The first kappa shape index (κ1) is 16.7. The van der Waals surface area contributed by atoms with Gasteiger partial charge in [0.05, 0.1) is 8.89 Å². The van der Waals surface area contributed by atoms with E-state index >= 15 is 0 Å². The predicted molar refractivity (Wildman–Crippen MR) is 101 cm³/mol. The van der Waals surface area contributed by atoms with Crippen LogP contribution in [-0.2, 0) is 15.0 Å². The standard InChI is InChI=1S/C17H9N3O3S3/c18-7-11-14(19-8-21)12(26-20-11)2-1-10-5-9-6-13(25-15(9)24-10)17(3-4-17)16(22)23/h5-6,8H,3-4H2,(H,19,21)(H,22,23). The minimum atomic E-state index is -0.750. The summed E-state index contributed by atoms with van der Waals surface area (Å²) in [6, 6.07) is 5.80. The van der Waals surface area contributed by atoms with Crippen molar-refractivity contribution >= 4 is 61.7 Å². The van der Waals surface area contributed by atoms with Crippen LogP contribution in [-0.4, -0.2) is 21.9 Å². The van der Waals surface area contributed by atoms with Crippen LogP contribution in [0.4, 0.5) is 5.69 Å². The van der Waals surface area contributed by atoms with E-state index < -0.39 is 11.4 Å². The zero-order chi connectivity index (χ0) is 18.3. The van der Waals surface area contributed by atoms with E-state index in [9.17, 15) is 14.7 Å². The molecule has 128 valence electrons. The summed E-state index contributed by atoms with van der Waals surface area (Å²) < 4.78 is 5.01. The summed E-state index contributed by atoms with van der Waals surface area (Å²) in [6.45, 7) is 0. The summed E-state index contributed by atoms with van der Waals surface area (Å²) in [5.74, 6) is 5.23. The Bertz CT molecular complexity index is 1120. The number of aromatic nitrogens is 1. The second-order valence-electron chi connectivity index (χ2n) is 5.71. The molecule has 1 saturated carbocycles. The summed E-state index contributed by atoms with van der Waals surface area (Å²) in [6.07, 6.45) is 1.89. The van der Waals surface area contributed by atoms with Crippen LogP contribution in [0.25, 0.3) is 9.40 Å². The Morgan fingerprint density at radius 2 is 2.15 bits per heavy atom. The molecule has 0 unspecified atom stereocenters. The van der Waals surface area contributed by atoms with Crippen molar-refractivity contribution < 1.29 is 14.7 Å². The Balaban J connectivity index is 1.64. The number of carbonyl (C=O) groups is 2. The second-order valence-corrected chi connectivity index (χ2v) is 8.85. The van der Waals surface area contributed by atoms with E-state index in [-0.39, 0.29) is 5.69 Å². The quantitative estimate of drug-likeness (QED) is 0.517. The molecule has 1 fully saturated rings. The van der Waals surface area contributed by atoms with Crippen LogP contribution in [0.5, 0.6) is 0 Å². The van der Waals surface area contributed by atoms with Crippen LogP contribution in [0.2, 0.25) is 0 Å². The molecule has 3 aromatic heterocycles. The Morgan fingerprint density at radius 3 is 2.77 bits per heavy atom. The van der Waals surface area contributed by atoms with E-state index in [0.29, 0.717) is 29.8 Å². The SMILES string of the molecule is N#Cc1nsc(C#Cc2cc3cc(C4(C(=O)O)CC4)sc3s2)c1NC=O. The highest BCUT2D eigenvalue weighted by Crippen LogP contribution is 2.52. The molecule has 2 N–H and O–H groups in total. The average Bonchev–Trinajstić information content (AvgIpc) is 3.00. The van der Waals surface area contributed by atoms with Gasteiger partial charge in [-0.05, 0) is 48.3 Å². The normalized spacial score (nSPS) is 14.3. The van der Waals surface area contributed by atoms with Gasteiger partial charge >= 0.3 is 5.97 Å². The summed E-state index contributed by atoms with van der Waals surface area (Å²) in [5, 5.41) is 21.9. The molecular weight excluding hydrogens is 390 g/mol. The number of nitriles is 1. The number of hydrogen-bond acceptors (Lipinski definition) is 7. The maximum absolute atomic E-state index is 11.5. The molecular formula is C17H9N3O3S3. The van der Waals surface area contributed by atoms with Crippen LogP contribution in [0.3, 0.4) is 0 Å². The molecule has 3 heterocycles. The third kappa shape index (κ3) is 2.67. The maximum Gasteiger partial charge on any atom is 0.314 e. The number of thiophene rings is 2. The first-order chi connectivity index (χ1) is 12.6. The molecule has 1 aliphatic carbocycles. The topological polar surface area (TPSA) is 103 Å². The van der Waals surface area contributed by atoms with E-state index in [1.54, 1.807) is 0 Å². The Morgan fingerprint density at radius 1 is 1.35 bits per heavy atom. The van der Waals surface area contributed by atoms with Gasteiger partial charge in [0, 0.05) is 10.3 Å². The molecule has 0 spiro atoms. The molecule has 0 radical (unpaired) electrons. The number of fused-ring (bicyclic) bond motifs is 1. The van der Waals surface area contributed by atoms with E-state index in [0.717, 1.165) is 30.7 Å². The molecule has 0 aliphatic heterocycles. The minimum Gasteiger partial charge on any atom is -0.481 e. The van der Waals surface area contributed by atoms with Gasteiger partial charge in [-0.25, -0.2) is 0 Å². The first-order valence-corrected chi connectivity index (χ1v) is 9.87. The Hall–Kier alpha value is -2.72. The number of carboxylic acids is 1. The van der Waals surface area contributed by atoms with Gasteiger partial charge < -0.3 is 10.4 Å². The smallest absolute Gasteiger partial charge is 0.314 e. The van der Waals surface area contributed by atoms with Crippen molar-refractivity contribution in [2.45, 2.75) is 18.3 Å². The fourth-order valence-corrected chi connectivity index (χ4v) is 5.79. The minimum absolute atomic E-state index is 0.145. The highest BCUT2D eigenvalue weighted by atomic mass is 32.2. The molecule has 3 aromatic rings. The van der Waals surface area contributed by atoms with E-state index in [4.69, 9.17) is 5.26 Å². The molecule has 0 atom stereocenters. The number of amides is 1. The van der Waals surface area contributed by atoms with Gasteiger partial charge in [0.1, 0.15) is 22.0 Å². The largest absolute Gasteiger partial charge is 0.481 e. The van der Waals surface area contributed by atoms with Gasteiger partial charge in [-0.15, -0.1) is 22.7 Å². The molecule has 4 rings (SSSR count). The van der Waals surface area contributed by atoms with Gasteiger partial charge in [-0.1, -0.05) is 0 Å². The van der Waals surface area contributed by atoms with Crippen LogP contribution in [0, 0.1) is 23.2 Å². The number of hydrogen-bond donors (Lipinski definition) is 2. The van der Waals surface area contributed by atoms with E-state index in [1.165, 1.54) is 22.7 Å². The van der Waals surface area contributed by atoms with Crippen molar-refractivity contribution in [1.29, 1.82) is 5.26 Å². The number of nitrogens with zero attached hydrogens (tertiary/aromatic N) is 2. The molecule has 9 heteroatoms. The summed E-state index contributed by atoms with van der Waals surface area (Å²) >= 11 is 4.08. The zero-order valence-corrected chi connectivity index (χ0v) is 15.5. The van der Waals surface area contributed by atoms with Crippen LogP contribution in [0.1, 0.15) is 33.2 Å². The molecule has 0 saturated heterocycles. The van der Waals surface area contributed by atoms with Crippen molar-refractivity contribution in [3.8, 4) is 17.9 Å². The first-order valence-electron chi connectivity index (χ1n) is 7.46. The maximum atomic E-state index is 11.5. The highest BCUT2D eigenvalue weighted by molar-refractivity contribution is 7.38. The summed E-state index contributed by atoms with van der Waals surface area (Å²) in [5.41, 5.74) is -0.203. The molecule has 1 aliphatic rings. The third-order valence-electron chi connectivity index (χ3n) is 4.15. The number of nitrogens with one attached hydrogen (secondary N) is 1. The fraction of sp³-hybridized carbons (Fsp3) is 0.176. The van der Waals surface area contributed by atoms with Gasteiger partial charge in [0.25, 0.3) is 0 Å². The number of aliphatic carboxylic acids is 1. The lowest BCUT2D eigenvalue weighted by Gasteiger charge is -2.04. The van der Waals surface area contributed by atoms with Crippen LogP contribution in [0.15, 0.2) is 12.1 Å². The average molecular weight is 399 g/mol. The number of carboxylic acid groups (broad SMARTS) is 1. The monoisotopic (exact) mass is 399 g/mol. The van der Waals surface area contributed by atoms with Crippen molar-refractivity contribution in [3.05, 3.63) is 32.5 Å². The fourth-order valence-electron chi connectivity index (χ4n) is 2.59. The highest BCUT2D eigenvalue weighted by Gasteiger charge is 2.53. The van der Waals surface area contributed by atoms with Crippen molar-refractivity contribution in [1.82, 2.24) is 4.37 Å². The second kappa shape index (κ2) is 6.22. The predicted octanol–water partition coefficient (Wildman–Crippen LogP) is 3.38. The molecule has 0 aromatic carbocycles. The van der Waals surface area contributed by atoms with Crippen LogP contribution >= 0.6 is 34.2 Å². The third-order valence-corrected chi connectivity index (χ3v) is 7.42. The lowest BCUT2D eigenvalue weighted by atomic mass is 10.1. The number of carbonyl (C=O) groups excluding carboxylic acids is 1. The van der Waals surface area contributed by atoms with Crippen LogP contribution < -0.4 is 5.32 Å². The van der Waals surface area contributed by atoms with Crippen molar-refractivity contribution in [2.75, 3.05) is 5.32 Å². The Labute approximate surface area is 159 Å². The van der Waals surface area contributed by atoms with Gasteiger partial charge in [0.2, 0.25) is 6.41 Å². The Kier molecular flexibility index (Phi) is 4.00. The van der Waals surface area contributed by atoms with E-state index in [2.05, 4.69) is 21.5 Å². The van der Waals surface area contributed by atoms with Gasteiger partial charge in [0.15, 0.2) is 5.69 Å². The summed E-state index contributed by atoms with van der Waals surface area (Å²) in [4.78, 5) is 24.4. The van der Waals surface area contributed by atoms with Gasteiger partial charge in [-0.3, -0.25) is 9.59 Å². The molecule has 0 bridgehead atoms. The number of rotatable bonds is 4. The van der Waals surface area contributed by atoms with Crippen molar-refractivity contribution in [2.24, 2.45) is 0 Å². The lowest BCUT2D eigenvalue weighted by molar-refractivity contribution is -0.139. The van der Waals surface area contributed by atoms with Crippen molar-refractivity contribution in [3.63, 3.8) is 0 Å². The summed E-state index contributed by atoms with van der Waals surface area (Å²) in [7, 11) is 0.